The van der Waals surface area contributed by atoms with Crippen molar-refractivity contribution in [1.82, 2.24) is 10.3 Å². The standard InChI is InChI=1S/C13H23N2O2/c1-10(2)9-12-5-7-13(8-6-12)15(16,17)14-11(3)4/h5-8,10-11,14,16-17H,9H2,1-4H3/q+1. The molecule has 1 aromatic rings. The van der Waals surface area contributed by atoms with E-state index in [1.54, 1.807) is 12.1 Å². The molecule has 1 aromatic carbocycles. The summed E-state index contributed by atoms with van der Waals surface area (Å²) in [5, 5.41) is 19.6. The molecule has 4 heteroatoms. The third-order valence-corrected chi connectivity index (χ3v) is 2.38. The zero-order valence-electron chi connectivity index (χ0n) is 11.0. The van der Waals surface area contributed by atoms with Gasteiger partial charge in [0.2, 0.25) is 5.69 Å². The van der Waals surface area contributed by atoms with E-state index in [9.17, 15) is 10.4 Å². The first-order valence-electron chi connectivity index (χ1n) is 6.03. The van der Waals surface area contributed by atoms with Gasteiger partial charge in [-0.2, -0.15) is 10.4 Å². The zero-order chi connectivity index (χ0) is 13.1. The topological polar surface area (TPSA) is 52.5 Å². The summed E-state index contributed by atoms with van der Waals surface area (Å²) in [6, 6.07) is 7.29. The van der Waals surface area contributed by atoms with Crippen molar-refractivity contribution in [2.45, 2.75) is 40.2 Å². The van der Waals surface area contributed by atoms with E-state index in [2.05, 4.69) is 19.3 Å². The van der Waals surface area contributed by atoms with Crippen LogP contribution in [0.1, 0.15) is 33.3 Å². The van der Waals surface area contributed by atoms with Gasteiger partial charge in [0.25, 0.3) is 0 Å². The van der Waals surface area contributed by atoms with Gasteiger partial charge in [0.1, 0.15) is 0 Å². The maximum Gasteiger partial charge on any atom is 0.221 e. The lowest BCUT2D eigenvalue weighted by molar-refractivity contribution is -0.328. The highest BCUT2D eigenvalue weighted by molar-refractivity contribution is 5.40. The van der Waals surface area contributed by atoms with Crippen molar-refractivity contribution < 1.29 is 10.4 Å². The minimum Gasteiger partial charge on any atom is -0.155 e. The molecular formula is C13H23N2O2+. The molecular weight excluding hydrogens is 216 g/mol. The average molecular weight is 239 g/mol. The lowest BCUT2D eigenvalue weighted by atomic mass is 10.0. The molecule has 0 fully saturated rings. The molecule has 0 amide bonds. The summed E-state index contributed by atoms with van der Waals surface area (Å²) >= 11 is 0. The summed E-state index contributed by atoms with van der Waals surface area (Å²) in [5.41, 5.74) is 4.25. The molecule has 0 heterocycles. The molecule has 4 nitrogen and oxygen atoms in total. The maximum atomic E-state index is 9.81. The lowest BCUT2D eigenvalue weighted by Gasteiger charge is -2.22. The summed E-state index contributed by atoms with van der Waals surface area (Å²) in [6.07, 6.45) is 0.995. The summed E-state index contributed by atoms with van der Waals surface area (Å²) in [7, 11) is 0. The SMILES string of the molecule is CC(C)Cc1ccc([N+](O)(O)NC(C)C)cc1. The first kappa shape index (κ1) is 14.1. The molecule has 0 aromatic heterocycles. The van der Waals surface area contributed by atoms with Gasteiger partial charge in [0.15, 0.2) is 0 Å². The van der Waals surface area contributed by atoms with Gasteiger partial charge < -0.3 is 0 Å². The van der Waals surface area contributed by atoms with E-state index in [0.29, 0.717) is 11.6 Å². The van der Waals surface area contributed by atoms with Crippen LogP contribution >= 0.6 is 0 Å². The predicted octanol–water partition coefficient (Wildman–Crippen LogP) is 2.88. The van der Waals surface area contributed by atoms with Crippen molar-refractivity contribution in [3.8, 4) is 0 Å². The van der Waals surface area contributed by atoms with Crippen LogP contribution in [0.2, 0.25) is 0 Å². The fraction of sp³-hybridized carbons (Fsp3) is 0.538. The van der Waals surface area contributed by atoms with E-state index in [1.807, 2.05) is 26.0 Å². The van der Waals surface area contributed by atoms with Crippen LogP contribution in [0.4, 0.5) is 5.69 Å². The van der Waals surface area contributed by atoms with Crippen molar-refractivity contribution in [3.05, 3.63) is 29.8 Å². The molecule has 96 valence electrons. The van der Waals surface area contributed by atoms with E-state index < -0.39 is 4.92 Å². The molecule has 0 saturated carbocycles. The third-order valence-electron chi connectivity index (χ3n) is 2.38. The highest BCUT2D eigenvalue weighted by Crippen LogP contribution is 2.18. The number of benzene rings is 1. The molecule has 17 heavy (non-hydrogen) atoms. The van der Waals surface area contributed by atoms with Gasteiger partial charge in [-0.25, -0.2) is 0 Å². The molecule has 0 spiro atoms. The third kappa shape index (κ3) is 4.44. The van der Waals surface area contributed by atoms with Crippen LogP contribution in [0.15, 0.2) is 24.3 Å². The van der Waals surface area contributed by atoms with Crippen LogP contribution in [0.3, 0.4) is 0 Å². The molecule has 0 aliphatic carbocycles. The molecule has 0 bridgehead atoms. The van der Waals surface area contributed by atoms with Crippen LogP contribution in [-0.4, -0.2) is 16.5 Å². The largest absolute Gasteiger partial charge is 0.221 e. The second-order valence-electron chi connectivity index (χ2n) is 5.15. The number of nitrogens with one attached hydrogen (secondary N) is 1. The number of rotatable bonds is 5. The van der Waals surface area contributed by atoms with Gasteiger partial charge in [-0.15, -0.1) is 0 Å². The minimum absolute atomic E-state index is 0.0275. The Labute approximate surface area is 103 Å². The highest BCUT2D eigenvalue weighted by atomic mass is 16.9. The average Bonchev–Trinajstić information content (AvgIpc) is 2.15. The predicted molar refractivity (Wildman–Crippen MR) is 68.6 cm³/mol. The van der Waals surface area contributed by atoms with Gasteiger partial charge in [-0.05, 0) is 31.7 Å². The molecule has 3 N–H and O–H groups in total. The first-order valence-corrected chi connectivity index (χ1v) is 6.03. The fourth-order valence-corrected chi connectivity index (χ4v) is 1.75. The molecule has 1 rings (SSSR count). The number of hydrogen-bond donors (Lipinski definition) is 3. The van der Waals surface area contributed by atoms with Crippen molar-refractivity contribution in [2.24, 2.45) is 5.92 Å². The Morgan fingerprint density at radius 3 is 2.00 bits per heavy atom. The number of quaternary nitrogens is 1. The summed E-state index contributed by atoms with van der Waals surface area (Å²) in [5.74, 6) is 0.595. The number of hydrogen-bond acceptors (Lipinski definition) is 3. The van der Waals surface area contributed by atoms with Gasteiger partial charge in [0, 0.05) is 12.1 Å². The molecule has 0 saturated heterocycles. The Hall–Kier alpha value is -0.940. The Kier molecular flexibility index (Phi) is 4.65. The van der Waals surface area contributed by atoms with E-state index in [0.717, 1.165) is 6.42 Å². The fourth-order valence-electron chi connectivity index (χ4n) is 1.75. The van der Waals surface area contributed by atoms with Crippen LogP contribution in [-0.2, 0) is 6.42 Å². The summed E-state index contributed by atoms with van der Waals surface area (Å²) in [4.78, 5) is -1.28. The molecule has 0 aliphatic heterocycles. The monoisotopic (exact) mass is 239 g/mol. The Balaban J connectivity index is 2.79. The summed E-state index contributed by atoms with van der Waals surface area (Å²) < 4.78 is 0. The lowest BCUT2D eigenvalue weighted by Crippen LogP contribution is -2.57. The van der Waals surface area contributed by atoms with Crippen molar-refractivity contribution in [3.63, 3.8) is 0 Å². The van der Waals surface area contributed by atoms with Gasteiger partial charge >= 0.3 is 0 Å². The van der Waals surface area contributed by atoms with E-state index in [1.165, 1.54) is 5.56 Å². The smallest absolute Gasteiger partial charge is 0.155 e. The van der Waals surface area contributed by atoms with Gasteiger partial charge in [-0.3, -0.25) is 0 Å². The van der Waals surface area contributed by atoms with Crippen LogP contribution in [0.25, 0.3) is 0 Å². The van der Waals surface area contributed by atoms with Crippen LogP contribution in [0, 0.1) is 5.92 Å². The van der Waals surface area contributed by atoms with Crippen LogP contribution in [0.5, 0.6) is 0 Å². The molecule has 0 radical (unpaired) electrons. The first-order chi connectivity index (χ1) is 7.81. The molecule has 0 aliphatic rings. The van der Waals surface area contributed by atoms with Crippen molar-refractivity contribution in [1.29, 1.82) is 0 Å². The Morgan fingerprint density at radius 2 is 1.59 bits per heavy atom. The van der Waals surface area contributed by atoms with E-state index in [-0.39, 0.29) is 6.04 Å². The highest BCUT2D eigenvalue weighted by Gasteiger charge is 2.27. The molecule has 0 unspecified atom stereocenters. The van der Waals surface area contributed by atoms with E-state index >= 15 is 0 Å². The van der Waals surface area contributed by atoms with Crippen molar-refractivity contribution in [2.75, 3.05) is 0 Å². The van der Waals surface area contributed by atoms with Crippen molar-refractivity contribution >= 4 is 5.69 Å². The normalized spacial score (nSPS) is 12.5. The summed E-state index contributed by atoms with van der Waals surface area (Å²) in [6.45, 7) is 8.03. The quantitative estimate of drug-likeness (QED) is 0.547. The maximum absolute atomic E-state index is 9.81. The van der Waals surface area contributed by atoms with E-state index in [4.69, 9.17) is 0 Å². The second kappa shape index (κ2) is 5.60. The zero-order valence-corrected chi connectivity index (χ0v) is 11.0. The molecule has 0 atom stereocenters. The van der Waals surface area contributed by atoms with Crippen LogP contribution < -0.4 is 10.3 Å². The minimum atomic E-state index is -1.28. The van der Waals surface area contributed by atoms with Gasteiger partial charge in [0.05, 0.1) is 11.0 Å². The Bertz CT molecular complexity index is 345. The Morgan fingerprint density at radius 1 is 1.06 bits per heavy atom. The van der Waals surface area contributed by atoms with Gasteiger partial charge in [-0.1, -0.05) is 31.4 Å². The number of nitrogens with zero attached hydrogens (tertiary/aromatic N) is 1. The second-order valence-corrected chi connectivity index (χ2v) is 5.15.